The topological polar surface area (TPSA) is 33.0 Å². The Balaban J connectivity index is 1.89. The zero-order valence-electron chi connectivity index (χ0n) is 6.68. The van der Waals surface area contributed by atoms with Crippen LogP contribution in [0, 0.1) is 11.3 Å². The molecule has 2 fully saturated rings. The summed E-state index contributed by atoms with van der Waals surface area (Å²) < 4.78 is 5.80. The molecular weight excluding hydrogens is 138 g/mol. The van der Waals surface area contributed by atoms with E-state index >= 15 is 0 Å². The van der Waals surface area contributed by atoms with Crippen molar-refractivity contribution in [3.05, 3.63) is 0 Å². The van der Waals surface area contributed by atoms with Gasteiger partial charge in [0.05, 0.1) is 24.2 Å². The standard InChI is InChI=1S/C9H13NO/c10-7-3-8-2-1-4-9(11-8)5-6-9/h8H,1-6H2. The highest BCUT2D eigenvalue weighted by Gasteiger charge is 2.47. The van der Waals surface area contributed by atoms with E-state index in [1.165, 1.54) is 25.7 Å². The molecule has 0 aromatic rings. The molecule has 0 bridgehead atoms. The molecule has 1 heterocycles. The lowest BCUT2D eigenvalue weighted by Crippen LogP contribution is -2.28. The van der Waals surface area contributed by atoms with Crippen molar-refractivity contribution in [2.75, 3.05) is 0 Å². The second kappa shape index (κ2) is 2.49. The van der Waals surface area contributed by atoms with Crippen LogP contribution in [0.5, 0.6) is 0 Å². The summed E-state index contributed by atoms with van der Waals surface area (Å²) in [5.41, 5.74) is 0.250. The average Bonchev–Trinajstić information content (AvgIpc) is 2.70. The lowest BCUT2D eigenvalue weighted by atomic mass is 10.0. The summed E-state index contributed by atoms with van der Waals surface area (Å²) in [7, 11) is 0. The number of hydrogen-bond donors (Lipinski definition) is 0. The van der Waals surface area contributed by atoms with E-state index in [1.54, 1.807) is 0 Å². The highest BCUT2D eigenvalue weighted by atomic mass is 16.5. The molecule has 1 aliphatic heterocycles. The molecule has 1 aliphatic carbocycles. The van der Waals surface area contributed by atoms with Crippen LogP contribution in [0.15, 0.2) is 0 Å². The molecule has 2 heteroatoms. The molecular formula is C9H13NO. The zero-order valence-corrected chi connectivity index (χ0v) is 6.68. The highest BCUT2D eigenvalue weighted by Crippen LogP contribution is 2.48. The molecule has 0 N–H and O–H groups in total. The monoisotopic (exact) mass is 151 g/mol. The number of nitriles is 1. The Kier molecular flexibility index (Phi) is 1.61. The summed E-state index contributed by atoms with van der Waals surface area (Å²) in [6.07, 6.45) is 6.87. The molecule has 1 saturated heterocycles. The molecule has 2 aliphatic rings. The van der Waals surface area contributed by atoms with E-state index in [9.17, 15) is 0 Å². The highest BCUT2D eigenvalue weighted by molar-refractivity contribution is 4.99. The van der Waals surface area contributed by atoms with Crippen LogP contribution in [0.2, 0.25) is 0 Å². The molecule has 2 rings (SSSR count). The van der Waals surface area contributed by atoms with E-state index < -0.39 is 0 Å². The minimum absolute atomic E-state index is 0.247. The molecule has 0 aromatic heterocycles. The van der Waals surface area contributed by atoms with Gasteiger partial charge in [0.15, 0.2) is 0 Å². The Morgan fingerprint density at radius 2 is 2.27 bits per heavy atom. The maximum Gasteiger partial charge on any atom is 0.0712 e. The first-order valence-electron chi connectivity index (χ1n) is 4.39. The van der Waals surface area contributed by atoms with Crippen molar-refractivity contribution in [1.29, 1.82) is 5.26 Å². The Morgan fingerprint density at radius 3 is 2.91 bits per heavy atom. The van der Waals surface area contributed by atoms with Gasteiger partial charge in [-0.05, 0) is 32.1 Å². The first kappa shape index (κ1) is 7.12. The minimum Gasteiger partial charge on any atom is -0.371 e. The van der Waals surface area contributed by atoms with Crippen LogP contribution >= 0.6 is 0 Å². The molecule has 0 radical (unpaired) electrons. The van der Waals surface area contributed by atoms with Crippen LogP contribution in [-0.4, -0.2) is 11.7 Å². The maximum absolute atomic E-state index is 8.48. The van der Waals surface area contributed by atoms with Gasteiger partial charge in [-0.1, -0.05) is 0 Å². The summed E-state index contributed by atoms with van der Waals surface area (Å²) in [5.74, 6) is 0. The van der Waals surface area contributed by atoms with Crippen LogP contribution < -0.4 is 0 Å². The second-order valence-corrected chi connectivity index (χ2v) is 3.68. The molecule has 1 saturated carbocycles. The Hall–Kier alpha value is -0.550. The predicted molar refractivity (Wildman–Crippen MR) is 40.9 cm³/mol. The summed E-state index contributed by atoms with van der Waals surface area (Å²) >= 11 is 0. The van der Waals surface area contributed by atoms with Gasteiger partial charge < -0.3 is 4.74 Å². The number of hydrogen-bond acceptors (Lipinski definition) is 2. The summed E-state index contributed by atoms with van der Waals surface area (Å²) in [4.78, 5) is 0. The minimum atomic E-state index is 0.247. The molecule has 0 aromatic carbocycles. The molecule has 1 spiro atoms. The summed E-state index contributed by atoms with van der Waals surface area (Å²) in [6.45, 7) is 0. The van der Waals surface area contributed by atoms with E-state index in [2.05, 4.69) is 6.07 Å². The van der Waals surface area contributed by atoms with Gasteiger partial charge in [-0.2, -0.15) is 5.26 Å². The first-order valence-corrected chi connectivity index (χ1v) is 4.39. The van der Waals surface area contributed by atoms with Crippen molar-refractivity contribution in [3.8, 4) is 6.07 Å². The third kappa shape index (κ3) is 1.39. The number of ether oxygens (including phenoxy) is 1. The van der Waals surface area contributed by atoms with Gasteiger partial charge in [-0.15, -0.1) is 0 Å². The predicted octanol–water partition coefficient (Wildman–Crippen LogP) is 2.00. The van der Waals surface area contributed by atoms with Gasteiger partial charge >= 0.3 is 0 Å². The molecule has 11 heavy (non-hydrogen) atoms. The van der Waals surface area contributed by atoms with Crippen molar-refractivity contribution in [1.82, 2.24) is 0 Å². The van der Waals surface area contributed by atoms with Gasteiger partial charge in [0.1, 0.15) is 0 Å². The van der Waals surface area contributed by atoms with Crippen molar-refractivity contribution < 1.29 is 4.74 Å². The Labute approximate surface area is 67.2 Å². The molecule has 0 amide bonds. The van der Waals surface area contributed by atoms with Crippen LogP contribution in [0.4, 0.5) is 0 Å². The third-order valence-corrected chi connectivity index (χ3v) is 2.70. The summed E-state index contributed by atoms with van der Waals surface area (Å²) in [6, 6.07) is 2.18. The van der Waals surface area contributed by atoms with Gasteiger partial charge in [-0.25, -0.2) is 0 Å². The quantitative estimate of drug-likeness (QED) is 0.574. The molecule has 2 nitrogen and oxygen atoms in total. The van der Waals surface area contributed by atoms with Crippen LogP contribution in [0.3, 0.4) is 0 Å². The largest absolute Gasteiger partial charge is 0.371 e. The van der Waals surface area contributed by atoms with Crippen LogP contribution in [0.1, 0.15) is 38.5 Å². The van der Waals surface area contributed by atoms with Gasteiger partial charge in [0, 0.05) is 0 Å². The SMILES string of the molecule is N#CCC1CCCC2(CC2)O1. The van der Waals surface area contributed by atoms with Gasteiger partial charge in [-0.3, -0.25) is 0 Å². The zero-order chi connectivity index (χ0) is 7.73. The van der Waals surface area contributed by atoms with Crippen LogP contribution in [-0.2, 0) is 4.74 Å². The summed E-state index contributed by atoms with van der Waals surface area (Å²) in [5, 5.41) is 8.48. The van der Waals surface area contributed by atoms with Crippen molar-refractivity contribution >= 4 is 0 Å². The fourth-order valence-corrected chi connectivity index (χ4v) is 1.88. The lowest BCUT2D eigenvalue weighted by Gasteiger charge is -2.28. The molecule has 1 unspecified atom stereocenters. The van der Waals surface area contributed by atoms with Crippen molar-refractivity contribution in [3.63, 3.8) is 0 Å². The van der Waals surface area contributed by atoms with E-state index in [1.807, 2.05) is 0 Å². The van der Waals surface area contributed by atoms with Crippen LogP contribution in [0.25, 0.3) is 0 Å². The fraction of sp³-hybridized carbons (Fsp3) is 0.889. The lowest BCUT2D eigenvalue weighted by molar-refractivity contribution is -0.0643. The van der Waals surface area contributed by atoms with E-state index in [4.69, 9.17) is 10.00 Å². The third-order valence-electron chi connectivity index (χ3n) is 2.70. The average molecular weight is 151 g/mol. The normalized spacial score (nSPS) is 33.2. The maximum atomic E-state index is 8.48. The Morgan fingerprint density at radius 1 is 1.45 bits per heavy atom. The van der Waals surface area contributed by atoms with E-state index in [0.29, 0.717) is 6.42 Å². The number of nitrogens with zero attached hydrogens (tertiary/aromatic N) is 1. The van der Waals surface area contributed by atoms with Crippen molar-refractivity contribution in [2.24, 2.45) is 0 Å². The smallest absolute Gasteiger partial charge is 0.0712 e. The first-order chi connectivity index (χ1) is 5.35. The number of rotatable bonds is 1. The van der Waals surface area contributed by atoms with Gasteiger partial charge in [0.25, 0.3) is 0 Å². The van der Waals surface area contributed by atoms with Crippen molar-refractivity contribution in [2.45, 2.75) is 50.2 Å². The molecule has 1 atom stereocenters. The van der Waals surface area contributed by atoms with E-state index in [-0.39, 0.29) is 11.7 Å². The fourth-order valence-electron chi connectivity index (χ4n) is 1.88. The van der Waals surface area contributed by atoms with E-state index in [0.717, 1.165) is 6.42 Å². The Bertz CT molecular complexity index is 190. The van der Waals surface area contributed by atoms with Gasteiger partial charge in [0.2, 0.25) is 0 Å². The second-order valence-electron chi connectivity index (χ2n) is 3.68. The molecule has 60 valence electrons.